The van der Waals surface area contributed by atoms with Gasteiger partial charge in [0, 0.05) is 22.7 Å². The Morgan fingerprint density at radius 3 is 2.74 bits per heavy atom. The van der Waals surface area contributed by atoms with E-state index in [2.05, 4.69) is 31.3 Å². The second-order valence-corrected chi connectivity index (χ2v) is 8.58. The van der Waals surface area contributed by atoms with E-state index in [-0.39, 0.29) is 12.1 Å². The first-order valence-corrected chi connectivity index (χ1v) is 11.2. The summed E-state index contributed by atoms with van der Waals surface area (Å²) >= 11 is 0. The van der Waals surface area contributed by atoms with Gasteiger partial charge in [0.25, 0.3) is 0 Å². The SMILES string of the molecule is Cc1c(C#N)cccc1-c1cc(-c2cn(Cc3c[nH]c4ccc(OC(C)C)cc34)nn2)nc(N)n1. The van der Waals surface area contributed by atoms with Crippen molar-refractivity contribution in [1.29, 1.82) is 5.26 Å². The Hall–Kier alpha value is -4.71. The average Bonchev–Trinajstić information content (AvgIpc) is 3.46. The van der Waals surface area contributed by atoms with Gasteiger partial charge in [0.2, 0.25) is 5.95 Å². The summed E-state index contributed by atoms with van der Waals surface area (Å²) in [7, 11) is 0. The summed E-state index contributed by atoms with van der Waals surface area (Å²) < 4.78 is 7.61. The fourth-order valence-electron chi connectivity index (χ4n) is 4.07. The number of aromatic amines is 1. The van der Waals surface area contributed by atoms with Gasteiger partial charge in [-0.1, -0.05) is 17.3 Å². The molecule has 0 amide bonds. The van der Waals surface area contributed by atoms with Crippen LogP contribution < -0.4 is 10.5 Å². The Labute approximate surface area is 202 Å². The molecule has 0 radical (unpaired) electrons. The maximum Gasteiger partial charge on any atom is 0.221 e. The molecule has 3 aromatic heterocycles. The molecule has 9 nitrogen and oxygen atoms in total. The normalized spacial score (nSPS) is 11.2. The summed E-state index contributed by atoms with van der Waals surface area (Å²) in [6, 6.07) is 15.5. The number of anilines is 1. The van der Waals surface area contributed by atoms with Gasteiger partial charge in [0.15, 0.2) is 0 Å². The van der Waals surface area contributed by atoms with Gasteiger partial charge >= 0.3 is 0 Å². The summed E-state index contributed by atoms with van der Waals surface area (Å²) in [5.41, 5.74) is 12.1. The fraction of sp³-hybridized carbons (Fsp3) is 0.192. The van der Waals surface area contributed by atoms with Gasteiger partial charge in [-0.2, -0.15) is 5.26 Å². The van der Waals surface area contributed by atoms with Crippen LogP contribution in [0.2, 0.25) is 0 Å². The quantitative estimate of drug-likeness (QED) is 0.379. The molecular weight excluding hydrogens is 440 g/mol. The number of nitrogens with zero attached hydrogens (tertiary/aromatic N) is 6. The summed E-state index contributed by atoms with van der Waals surface area (Å²) in [4.78, 5) is 12.0. The highest BCUT2D eigenvalue weighted by atomic mass is 16.5. The van der Waals surface area contributed by atoms with Crippen LogP contribution in [0, 0.1) is 18.3 Å². The molecule has 0 atom stereocenters. The Morgan fingerprint density at radius 2 is 1.94 bits per heavy atom. The molecule has 0 spiro atoms. The third-order valence-electron chi connectivity index (χ3n) is 5.72. The van der Waals surface area contributed by atoms with Crippen LogP contribution in [0.3, 0.4) is 0 Å². The van der Waals surface area contributed by atoms with Crippen LogP contribution in [-0.2, 0) is 6.54 Å². The van der Waals surface area contributed by atoms with E-state index in [9.17, 15) is 5.26 Å². The first kappa shape index (κ1) is 22.1. The number of nitriles is 1. The van der Waals surface area contributed by atoms with Gasteiger partial charge in [0.1, 0.15) is 11.4 Å². The van der Waals surface area contributed by atoms with E-state index in [4.69, 9.17) is 10.5 Å². The van der Waals surface area contributed by atoms with Crippen LogP contribution in [0.1, 0.15) is 30.5 Å². The second kappa shape index (κ2) is 8.91. The molecule has 0 aliphatic rings. The smallest absolute Gasteiger partial charge is 0.221 e. The van der Waals surface area contributed by atoms with E-state index in [1.165, 1.54) is 0 Å². The summed E-state index contributed by atoms with van der Waals surface area (Å²) in [6.07, 6.45) is 3.90. The molecule has 2 aromatic carbocycles. The van der Waals surface area contributed by atoms with Gasteiger partial charge in [0.05, 0.1) is 41.9 Å². The predicted molar refractivity (Wildman–Crippen MR) is 134 cm³/mol. The topological polar surface area (TPSA) is 131 Å². The molecule has 5 rings (SSSR count). The predicted octanol–water partition coefficient (Wildman–Crippen LogP) is 4.48. The van der Waals surface area contributed by atoms with Crippen molar-refractivity contribution in [3.05, 3.63) is 71.5 Å². The molecule has 0 saturated carbocycles. The lowest BCUT2D eigenvalue weighted by molar-refractivity contribution is 0.243. The minimum absolute atomic E-state index is 0.101. The number of aromatic nitrogens is 6. The number of benzene rings is 2. The molecule has 0 aliphatic heterocycles. The van der Waals surface area contributed by atoms with Crippen molar-refractivity contribution in [3.8, 4) is 34.5 Å². The Bertz CT molecular complexity index is 1570. The highest BCUT2D eigenvalue weighted by molar-refractivity contribution is 5.84. The van der Waals surface area contributed by atoms with Crippen molar-refractivity contribution in [2.45, 2.75) is 33.4 Å². The minimum Gasteiger partial charge on any atom is -0.491 e. The van der Waals surface area contributed by atoms with Gasteiger partial charge in [-0.05, 0) is 62.2 Å². The van der Waals surface area contributed by atoms with E-state index in [0.717, 1.165) is 33.3 Å². The lowest BCUT2D eigenvalue weighted by Crippen LogP contribution is -2.05. The monoisotopic (exact) mass is 464 g/mol. The van der Waals surface area contributed by atoms with Crippen molar-refractivity contribution in [2.75, 3.05) is 5.73 Å². The molecule has 0 saturated heterocycles. The zero-order chi connectivity index (χ0) is 24.5. The number of ether oxygens (including phenoxy) is 1. The summed E-state index contributed by atoms with van der Waals surface area (Å²) in [5, 5.41) is 19.1. The molecule has 0 bridgehead atoms. The molecule has 0 unspecified atom stereocenters. The van der Waals surface area contributed by atoms with Crippen molar-refractivity contribution in [2.24, 2.45) is 0 Å². The number of rotatable bonds is 6. The Balaban J connectivity index is 1.45. The van der Waals surface area contributed by atoms with Crippen LogP contribution in [0.25, 0.3) is 33.5 Å². The molecule has 3 heterocycles. The van der Waals surface area contributed by atoms with Crippen LogP contribution in [0.15, 0.2) is 54.9 Å². The number of nitrogens with one attached hydrogen (secondary N) is 1. The van der Waals surface area contributed by atoms with Crippen LogP contribution >= 0.6 is 0 Å². The zero-order valence-electron chi connectivity index (χ0n) is 19.6. The first-order valence-electron chi connectivity index (χ1n) is 11.2. The molecule has 174 valence electrons. The largest absolute Gasteiger partial charge is 0.491 e. The van der Waals surface area contributed by atoms with Gasteiger partial charge < -0.3 is 15.5 Å². The molecular formula is C26H24N8O. The number of H-pyrrole nitrogens is 1. The molecule has 0 fully saturated rings. The summed E-state index contributed by atoms with van der Waals surface area (Å²) in [5.74, 6) is 0.954. The first-order chi connectivity index (χ1) is 16.9. The van der Waals surface area contributed by atoms with E-state index in [1.807, 2.05) is 69.6 Å². The maximum absolute atomic E-state index is 9.37. The van der Waals surface area contributed by atoms with Crippen LogP contribution in [-0.4, -0.2) is 36.0 Å². The lowest BCUT2D eigenvalue weighted by atomic mass is 10.00. The van der Waals surface area contributed by atoms with Gasteiger partial charge in [-0.3, -0.25) is 0 Å². The van der Waals surface area contributed by atoms with E-state index in [1.54, 1.807) is 10.7 Å². The third kappa shape index (κ3) is 4.42. The van der Waals surface area contributed by atoms with E-state index in [0.29, 0.717) is 29.2 Å². The Morgan fingerprint density at radius 1 is 1.11 bits per heavy atom. The average molecular weight is 465 g/mol. The minimum atomic E-state index is 0.101. The second-order valence-electron chi connectivity index (χ2n) is 8.58. The number of hydrogen-bond acceptors (Lipinski definition) is 7. The van der Waals surface area contributed by atoms with Gasteiger partial charge in [-0.25, -0.2) is 14.6 Å². The van der Waals surface area contributed by atoms with Crippen molar-refractivity contribution in [1.82, 2.24) is 29.9 Å². The van der Waals surface area contributed by atoms with Crippen LogP contribution in [0.4, 0.5) is 5.95 Å². The fourth-order valence-corrected chi connectivity index (χ4v) is 4.07. The molecule has 9 heteroatoms. The number of nitrogen functional groups attached to an aromatic ring is 1. The summed E-state index contributed by atoms with van der Waals surface area (Å²) in [6.45, 7) is 6.42. The molecule has 35 heavy (non-hydrogen) atoms. The van der Waals surface area contributed by atoms with Crippen molar-refractivity contribution < 1.29 is 4.74 Å². The standard InChI is InChI=1S/C26H24N8O/c1-15(2)35-19-7-8-22-21(9-19)18(12-29-22)13-34-14-25(32-33-34)24-10-23(30-26(28)31-24)20-6-4-5-17(11-27)16(20)3/h4-10,12,14-15,29H,13H2,1-3H3,(H2,28,30,31). The molecule has 5 aromatic rings. The van der Waals surface area contributed by atoms with E-state index >= 15 is 0 Å². The van der Waals surface area contributed by atoms with Crippen molar-refractivity contribution >= 4 is 16.9 Å². The maximum atomic E-state index is 9.37. The van der Waals surface area contributed by atoms with Crippen molar-refractivity contribution in [3.63, 3.8) is 0 Å². The van der Waals surface area contributed by atoms with Crippen LogP contribution in [0.5, 0.6) is 5.75 Å². The lowest BCUT2D eigenvalue weighted by Gasteiger charge is -2.09. The molecule has 3 N–H and O–H groups in total. The number of nitrogens with two attached hydrogens (primary N) is 1. The molecule has 0 aliphatic carbocycles. The zero-order valence-corrected chi connectivity index (χ0v) is 19.6. The highest BCUT2D eigenvalue weighted by Gasteiger charge is 2.14. The highest BCUT2D eigenvalue weighted by Crippen LogP contribution is 2.28. The number of fused-ring (bicyclic) bond motifs is 1. The third-order valence-corrected chi connectivity index (χ3v) is 5.72. The Kier molecular flexibility index (Phi) is 5.63. The number of hydrogen-bond donors (Lipinski definition) is 2. The van der Waals surface area contributed by atoms with Gasteiger partial charge in [-0.15, -0.1) is 5.10 Å². The van der Waals surface area contributed by atoms with E-state index < -0.39 is 0 Å².